The number of hydrogen-bond donors (Lipinski definition) is 2. The third-order valence-electron chi connectivity index (χ3n) is 5.39. The lowest BCUT2D eigenvalue weighted by molar-refractivity contribution is -0.130. The summed E-state index contributed by atoms with van der Waals surface area (Å²) in [5.74, 6) is 0.853. The van der Waals surface area contributed by atoms with E-state index in [9.17, 15) is 9.90 Å². The third-order valence-corrected chi connectivity index (χ3v) is 5.39. The topological polar surface area (TPSA) is 80.2 Å². The first kappa shape index (κ1) is 18.9. The molecule has 0 unspecified atom stereocenters. The van der Waals surface area contributed by atoms with Gasteiger partial charge in [0.1, 0.15) is 12.4 Å². The summed E-state index contributed by atoms with van der Waals surface area (Å²) in [6.07, 6.45) is -0.824. The van der Waals surface area contributed by atoms with E-state index in [4.69, 9.17) is 9.47 Å². The van der Waals surface area contributed by atoms with Crippen LogP contribution in [0.3, 0.4) is 0 Å². The molecule has 2 N–H and O–H groups in total. The maximum atomic E-state index is 12.6. The Balaban J connectivity index is 1.33. The smallest absolute Gasteiger partial charge is 0.284 e. The summed E-state index contributed by atoms with van der Waals surface area (Å²) >= 11 is 0. The van der Waals surface area contributed by atoms with Crippen LogP contribution in [0.4, 0.5) is 0 Å². The van der Waals surface area contributed by atoms with Crippen molar-refractivity contribution in [3.8, 4) is 17.2 Å². The molecule has 0 spiro atoms. The number of nitrogens with one attached hydrogen (secondary N) is 1. The molecule has 6 heteroatoms. The van der Waals surface area contributed by atoms with E-state index < -0.39 is 12.0 Å². The number of amides is 1. The van der Waals surface area contributed by atoms with Gasteiger partial charge in [0.05, 0.1) is 5.71 Å². The predicted molar refractivity (Wildman–Crippen MR) is 120 cm³/mol. The first-order chi connectivity index (χ1) is 15.1. The van der Waals surface area contributed by atoms with Crippen molar-refractivity contribution in [2.45, 2.75) is 13.0 Å². The Bertz CT molecular complexity index is 1350. The number of fused-ring (bicyclic) bond motifs is 3. The zero-order valence-electron chi connectivity index (χ0n) is 16.8. The van der Waals surface area contributed by atoms with Gasteiger partial charge in [0.2, 0.25) is 6.10 Å². The Morgan fingerprint density at radius 3 is 2.42 bits per heavy atom. The van der Waals surface area contributed by atoms with Crippen LogP contribution >= 0.6 is 0 Å². The number of hydrazone groups is 1. The van der Waals surface area contributed by atoms with E-state index in [1.54, 1.807) is 13.0 Å². The Hall–Kier alpha value is -4.06. The van der Waals surface area contributed by atoms with Crippen molar-refractivity contribution in [1.29, 1.82) is 0 Å². The van der Waals surface area contributed by atoms with Crippen LogP contribution < -0.4 is 14.9 Å². The Labute approximate surface area is 178 Å². The zero-order chi connectivity index (χ0) is 21.4. The van der Waals surface area contributed by atoms with Gasteiger partial charge in [0.15, 0.2) is 11.5 Å². The van der Waals surface area contributed by atoms with Crippen molar-refractivity contribution >= 4 is 33.2 Å². The van der Waals surface area contributed by atoms with E-state index in [2.05, 4.69) is 10.5 Å². The second-order valence-electron chi connectivity index (χ2n) is 7.42. The van der Waals surface area contributed by atoms with Crippen molar-refractivity contribution in [2.24, 2.45) is 5.10 Å². The quantitative estimate of drug-likeness (QED) is 0.387. The van der Waals surface area contributed by atoms with Gasteiger partial charge in [-0.15, -0.1) is 0 Å². The van der Waals surface area contributed by atoms with Crippen LogP contribution in [-0.4, -0.2) is 29.4 Å². The number of ether oxygens (including phenoxy) is 2. The lowest BCUT2D eigenvalue weighted by atomic mass is 10.0. The summed E-state index contributed by atoms with van der Waals surface area (Å²) in [5.41, 5.74) is 3.57. The molecule has 5 rings (SSSR count). The summed E-state index contributed by atoms with van der Waals surface area (Å²) < 4.78 is 11.6. The summed E-state index contributed by atoms with van der Waals surface area (Å²) in [6.45, 7) is 1.82. The molecule has 6 nitrogen and oxygen atoms in total. The molecular weight excluding hydrogens is 392 g/mol. The number of nitrogens with zero attached hydrogens (tertiary/aromatic N) is 1. The van der Waals surface area contributed by atoms with Gasteiger partial charge in [-0.05, 0) is 41.3 Å². The number of phenolic OH excluding ortho intramolecular Hbond substituents is 1. The minimum Gasteiger partial charge on any atom is -0.507 e. The summed E-state index contributed by atoms with van der Waals surface area (Å²) in [5, 5.41) is 18.5. The normalized spacial score (nSPS) is 15.8. The highest BCUT2D eigenvalue weighted by atomic mass is 16.6. The molecule has 0 fully saturated rings. The highest BCUT2D eigenvalue weighted by molar-refractivity contribution is 6.06. The molecule has 0 saturated carbocycles. The highest BCUT2D eigenvalue weighted by Crippen LogP contribution is 2.36. The minimum atomic E-state index is -0.824. The number of aromatic hydroxyl groups is 1. The molecule has 4 aromatic rings. The zero-order valence-corrected chi connectivity index (χ0v) is 16.8. The van der Waals surface area contributed by atoms with Crippen molar-refractivity contribution in [1.82, 2.24) is 5.43 Å². The van der Waals surface area contributed by atoms with Crippen LogP contribution in [0.25, 0.3) is 21.5 Å². The van der Waals surface area contributed by atoms with Crippen LogP contribution in [0.5, 0.6) is 17.2 Å². The Morgan fingerprint density at radius 2 is 1.65 bits per heavy atom. The fraction of sp³-hybridized carbons (Fsp3) is 0.120. The standard InChI is InChI=1S/C25H20N2O4/c1-15(19-11-10-16-6-4-5-9-20(16)24(19)28)26-27-25(29)23-14-30-21-12-17-7-2-3-8-18(17)13-22(21)31-23/h2-13,23,28H,14H2,1H3,(H,27,29)/b26-15+/t23-/m1/s1. The molecule has 0 aliphatic carbocycles. The minimum absolute atomic E-state index is 0.0902. The second kappa shape index (κ2) is 7.65. The van der Waals surface area contributed by atoms with Crippen molar-refractivity contribution in [2.75, 3.05) is 6.61 Å². The molecule has 0 radical (unpaired) electrons. The fourth-order valence-corrected chi connectivity index (χ4v) is 3.70. The molecular formula is C25H20N2O4. The second-order valence-corrected chi connectivity index (χ2v) is 7.42. The molecule has 0 aromatic heterocycles. The lowest BCUT2D eigenvalue weighted by Gasteiger charge is -2.25. The third kappa shape index (κ3) is 3.53. The molecule has 0 saturated heterocycles. The van der Waals surface area contributed by atoms with E-state index in [1.807, 2.05) is 66.7 Å². The highest BCUT2D eigenvalue weighted by Gasteiger charge is 2.28. The molecule has 154 valence electrons. The van der Waals surface area contributed by atoms with Crippen LogP contribution in [0.1, 0.15) is 12.5 Å². The van der Waals surface area contributed by atoms with Gasteiger partial charge < -0.3 is 14.6 Å². The van der Waals surface area contributed by atoms with E-state index in [0.717, 1.165) is 21.5 Å². The largest absolute Gasteiger partial charge is 0.507 e. The van der Waals surface area contributed by atoms with Gasteiger partial charge in [-0.25, -0.2) is 5.43 Å². The average Bonchev–Trinajstić information content (AvgIpc) is 2.81. The monoisotopic (exact) mass is 412 g/mol. The summed E-state index contributed by atoms with van der Waals surface area (Å²) in [7, 11) is 0. The number of benzene rings is 4. The number of hydrogen-bond acceptors (Lipinski definition) is 5. The van der Waals surface area contributed by atoms with Gasteiger partial charge in [-0.1, -0.05) is 54.6 Å². The van der Waals surface area contributed by atoms with Crippen LogP contribution in [-0.2, 0) is 4.79 Å². The first-order valence-electron chi connectivity index (χ1n) is 9.97. The van der Waals surface area contributed by atoms with Gasteiger partial charge in [0, 0.05) is 10.9 Å². The van der Waals surface area contributed by atoms with Crippen molar-refractivity contribution in [3.63, 3.8) is 0 Å². The van der Waals surface area contributed by atoms with Gasteiger partial charge >= 0.3 is 0 Å². The lowest BCUT2D eigenvalue weighted by Crippen LogP contribution is -2.42. The molecule has 1 aliphatic rings. The van der Waals surface area contributed by atoms with Crippen molar-refractivity contribution < 1.29 is 19.4 Å². The average molecular weight is 412 g/mol. The SMILES string of the molecule is C/C(=N\NC(=O)[C@H]1COc2cc3ccccc3cc2O1)c1ccc2ccccc2c1O. The molecule has 4 aromatic carbocycles. The van der Waals surface area contributed by atoms with Gasteiger partial charge in [0.25, 0.3) is 5.91 Å². The maximum absolute atomic E-state index is 12.6. The van der Waals surface area contributed by atoms with E-state index in [0.29, 0.717) is 22.8 Å². The molecule has 0 bridgehead atoms. The first-order valence-corrected chi connectivity index (χ1v) is 9.97. The van der Waals surface area contributed by atoms with Crippen LogP contribution in [0, 0.1) is 0 Å². The number of carbonyl (C=O) groups excluding carboxylic acids is 1. The molecule has 1 heterocycles. The molecule has 1 atom stereocenters. The summed E-state index contributed by atoms with van der Waals surface area (Å²) in [6, 6.07) is 22.9. The van der Waals surface area contributed by atoms with E-state index >= 15 is 0 Å². The number of carbonyl (C=O) groups is 1. The van der Waals surface area contributed by atoms with Gasteiger partial charge in [-0.2, -0.15) is 5.10 Å². The summed E-state index contributed by atoms with van der Waals surface area (Å²) in [4.78, 5) is 12.6. The van der Waals surface area contributed by atoms with Crippen LogP contribution in [0.15, 0.2) is 77.9 Å². The fourth-order valence-electron chi connectivity index (χ4n) is 3.70. The predicted octanol–water partition coefficient (Wildman–Crippen LogP) is 4.38. The van der Waals surface area contributed by atoms with Crippen molar-refractivity contribution in [3.05, 3.63) is 78.4 Å². The van der Waals surface area contributed by atoms with E-state index in [-0.39, 0.29) is 12.4 Å². The number of phenols is 1. The maximum Gasteiger partial charge on any atom is 0.284 e. The number of rotatable bonds is 3. The molecule has 1 amide bonds. The Morgan fingerprint density at radius 1 is 0.968 bits per heavy atom. The van der Waals surface area contributed by atoms with E-state index in [1.165, 1.54) is 0 Å². The van der Waals surface area contributed by atoms with Crippen LogP contribution in [0.2, 0.25) is 0 Å². The molecule has 1 aliphatic heterocycles. The Kier molecular flexibility index (Phi) is 4.67. The van der Waals surface area contributed by atoms with Gasteiger partial charge in [-0.3, -0.25) is 4.79 Å². The molecule has 31 heavy (non-hydrogen) atoms.